The Labute approximate surface area is 154 Å². The first kappa shape index (κ1) is 18.3. The summed E-state index contributed by atoms with van der Waals surface area (Å²) in [5.41, 5.74) is 0.729. The number of carbonyl (C=O) groups excluding carboxylic acids is 4. The molecule has 0 radical (unpaired) electrons. The van der Waals surface area contributed by atoms with E-state index in [0.29, 0.717) is 5.76 Å². The van der Waals surface area contributed by atoms with Gasteiger partial charge in [-0.05, 0) is 26.0 Å². The second-order valence-electron chi connectivity index (χ2n) is 6.07. The zero-order chi connectivity index (χ0) is 19.6. The number of hydrogen-bond acceptors (Lipinski definition) is 6. The summed E-state index contributed by atoms with van der Waals surface area (Å²) in [6.45, 7) is 3.44. The smallest absolute Gasteiger partial charge is 0.273 e. The highest BCUT2D eigenvalue weighted by molar-refractivity contribution is 6.22. The minimum Gasteiger partial charge on any atom is -0.361 e. The number of imide groups is 1. The SMILES string of the molecule is Cc1cc(C(=O)NCCNC(=O)C(C)N2C(=O)c3ccccc3C2=O)no1. The number of aryl methyl sites for hydroxylation is 1. The van der Waals surface area contributed by atoms with Gasteiger partial charge in [0.2, 0.25) is 5.91 Å². The van der Waals surface area contributed by atoms with Crippen LogP contribution in [0.25, 0.3) is 0 Å². The summed E-state index contributed by atoms with van der Waals surface area (Å²) in [5.74, 6) is -1.38. The van der Waals surface area contributed by atoms with E-state index in [2.05, 4.69) is 15.8 Å². The monoisotopic (exact) mass is 370 g/mol. The van der Waals surface area contributed by atoms with Gasteiger partial charge in [-0.3, -0.25) is 24.1 Å². The highest BCUT2D eigenvalue weighted by Crippen LogP contribution is 2.24. The third-order valence-corrected chi connectivity index (χ3v) is 4.16. The normalized spacial score (nSPS) is 14.1. The van der Waals surface area contributed by atoms with E-state index in [0.717, 1.165) is 4.90 Å². The topological polar surface area (TPSA) is 122 Å². The van der Waals surface area contributed by atoms with E-state index in [1.165, 1.54) is 13.0 Å². The van der Waals surface area contributed by atoms with Gasteiger partial charge >= 0.3 is 0 Å². The average Bonchev–Trinajstić information content (AvgIpc) is 3.20. The molecule has 0 aliphatic carbocycles. The Kier molecular flexibility index (Phi) is 5.02. The van der Waals surface area contributed by atoms with Crippen molar-refractivity contribution in [3.8, 4) is 0 Å². The van der Waals surface area contributed by atoms with Gasteiger partial charge in [0.05, 0.1) is 11.1 Å². The lowest BCUT2D eigenvalue weighted by Gasteiger charge is -2.21. The summed E-state index contributed by atoms with van der Waals surface area (Å²) >= 11 is 0. The number of rotatable bonds is 6. The maximum atomic E-state index is 12.4. The van der Waals surface area contributed by atoms with E-state index >= 15 is 0 Å². The van der Waals surface area contributed by atoms with Gasteiger partial charge in [-0.2, -0.15) is 0 Å². The molecule has 1 aliphatic rings. The number of hydrogen-bond donors (Lipinski definition) is 2. The summed E-state index contributed by atoms with van der Waals surface area (Å²) in [7, 11) is 0. The zero-order valence-electron chi connectivity index (χ0n) is 14.8. The Balaban J connectivity index is 1.51. The fourth-order valence-corrected chi connectivity index (χ4v) is 2.75. The minimum atomic E-state index is -0.966. The van der Waals surface area contributed by atoms with Gasteiger partial charge < -0.3 is 15.2 Å². The third kappa shape index (κ3) is 3.57. The van der Waals surface area contributed by atoms with Crippen molar-refractivity contribution < 1.29 is 23.7 Å². The maximum absolute atomic E-state index is 12.4. The summed E-state index contributed by atoms with van der Waals surface area (Å²) in [5, 5.41) is 8.77. The van der Waals surface area contributed by atoms with Crippen LogP contribution < -0.4 is 10.6 Å². The van der Waals surface area contributed by atoms with Crippen LogP contribution in [0.15, 0.2) is 34.9 Å². The van der Waals surface area contributed by atoms with Gasteiger partial charge in [0.25, 0.3) is 17.7 Å². The average molecular weight is 370 g/mol. The van der Waals surface area contributed by atoms with Crippen molar-refractivity contribution >= 4 is 23.6 Å². The van der Waals surface area contributed by atoms with E-state index in [1.807, 2.05) is 0 Å². The second-order valence-corrected chi connectivity index (χ2v) is 6.07. The predicted molar refractivity (Wildman–Crippen MR) is 93.0 cm³/mol. The van der Waals surface area contributed by atoms with Crippen molar-refractivity contribution in [2.75, 3.05) is 13.1 Å². The summed E-state index contributed by atoms with van der Waals surface area (Å²) in [6, 6.07) is 6.97. The van der Waals surface area contributed by atoms with Crippen LogP contribution in [0.3, 0.4) is 0 Å². The number of aromatic nitrogens is 1. The third-order valence-electron chi connectivity index (χ3n) is 4.16. The zero-order valence-corrected chi connectivity index (χ0v) is 14.8. The van der Waals surface area contributed by atoms with Gasteiger partial charge in [0, 0.05) is 19.2 Å². The molecule has 140 valence electrons. The number of carbonyl (C=O) groups is 4. The van der Waals surface area contributed by atoms with Crippen LogP contribution in [0.5, 0.6) is 0 Å². The molecule has 9 heteroatoms. The fraction of sp³-hybridized carbons (Fsp3) is 0.278. The molecule has 3 rings (SSSR count). The second kappa shape index (κ2) is 7.40. The Morgan fingerprint density at radius 2 is 1.70 bits per heavy atom. The number of nitrogens with one attached hydrogen (secondary N) is 2. The van der Waals surface area contributed by atoms with Crippen LogP contribution in [0.2, 0.25) is 0 Å². The quantitative estimate of drug-likeness (QED) is 0.565. The van der Waals surface area contributed by atoms with E-state index in [4.69, 9.17) is 4.52 Å². The molecule has 1 aromatic heterocycles. The lowest BCUT2D eigenvalue weighted by atomic mass is 10.1. The number of fused-ring (bicyclic) bond motifs is 1. The molecule has 1 atom stereocenters. The largest absolute Gasteiger partial charge is 0.361 e. The lowest BCUT2D eigenvalue weighted by Crippen LogP contribution is -2.49. The van der Waals surface area contributed by atoms with Crippen molar-refractivity contribution in [2.45, 2.75) is 19.9 Å². The first-order chi connectivity index (χ1) is 12.9. The van der Waals surface area contributed by atoms with Crippen LogP contribution in [-0.2, 0) is 4.79 Å². The van der Waals surface area contributed by atoms with Crippen molar-refractivity contribution in [2.24, 2.45) is 0 Å². The fourth-order valence-electron chi connectivity index (χ4n) is 2.75. The number of amides is 4. The molecule has 2 heterocycles. The molecular formula is C18H18N4O5. The van der Waals surface area contributed by atoms with Crippen molar-refractivity contribution in [1.82, 2.24) is 20.7 Å². The molecule has 0 bridgehead atoms. The number of nitrogens with zero attached hydrogens (tertiary/aromatic N) is 2. The molecule has 9 nitrogen and oxygen atoms in total. The first-order valence-electron chi connectivity index (χ1n) is 8.36. The van der Waals surface area contributed by atoms with E-state index in [1.54, 1.807) is 31.2 Å². The molecule has 4 amide bonds. The van der Waals surface area contributed by atoms with Crippen molar-refractivity contribution in [3.05, 3.63) is 52.9 Å². The lowest BCUT2D eigenvalue weighted by molar-refractivity contribution is -0.124. The van der Waals surface area contributed by atoms with Crippen molar-refractivity contribution in [3.63, 3.8) is 0 Å². The molecular weight excluding hydrogens is 352 g/mol. The van der Waals surface area contributed by atoms with Crippen molar-refractivity contribution in [1.29, 1.82) is 0 Å². The first-order valence-corrected chi connectivity index (χ1v) is 8.36. The Morgan fingerprint density at radius 1 is 1.11 bits per heavy atom. The summed E-state index contributed by atoms with van der Waals surface area (Å²) in [4.78, 5) is 49.8. The Bertz CT molecular complexity index is 885. The van der Waals surface area contributed by atoms with Crippen LogP contribution in [0.1, 0.15) is 43.9 Å². The molecule has 1 aromatic carbocycles. The molecule has 0 saturated carbocycles. The molecule has 0 saturated heterocycles. The maximum Gasteiger partial charge on any atom is 0.273 e. The molecule has 2 N–H and O–H groups in total. The van der Waals surface area contributed by atoms with Gasteiger partial charge in [0.15, 0.2) is 5.69 Å². The molecule has 1 unspecified atom stereocenters. The van der Waals surface area contributed by atoms with Gasteiger partial charge in [0.1, 0.15) is 11.8 Å². The van der Waals surface area contributed by atoms with Crippen LogP contribution in [-0.4, -0.2) is 52.8 Å². The Morgan fingerprint density at radius 3 is 2.26 bits per heavy atom. The molecule has 27 heavy (non-hydrogen) atoms. The van der Waals surface area contributed by atoms with E-state index in [9.17, 15) is 19.2 Å². The van der Waals surface area contributed by atoms with E-state index in [-0.39, 0.29) is 29.9 Å². The summed E-state index contributed by atoms with van der Waals surface area (Å²) < 4.78 is 4.82. The summed E-state index contributed by atoms with van der Waals surface area (Å²) in [6.07, 6.45) is 0. The van der Waals surface area contributed by atoms with Gasteiger partial charge in [-0.15, -0.1) is 0 Å². The Hall–Kier alpha value is -3.49. The standard InChI is InChI=1S/C18H18N4O5/c1-10-9-14(21-27-10)16(24)20-8-7-19-15(23)11(2)22-17(25)12-5-3-4-6-13(12)18(22)26/h3-6,9,11H,7-8H2,1-2H3,(H,19,23)(H,20,24). The molecule has 0 fully saturated rings. The molecule has 2 aromatic rings. The highest BCUT2D eigenvalue weighted by Gasteiger charge is 2.40. The minimum absolute atomic E-state index is 0.134. The molecule has 1 aliphatic heterocycles. The van der Waals surface area contributed by atoms with Gasteiger partial charge in [-0.1, -0.05) is 17.3 Å². The number of benzene rings is 1. The van der Waals surface area contributed by atoms with Gasteiger partial charge in [-0.25, -0.2) is 0 Å². The van der Waals surface area contributed by atoms with E-state index < -0.39 is 29.7 Å². The molecule has 0 spiro atoms. The van der Waals surface area contributed by atoms with Crippen LogP contribution in [0, 0.1) is 6.92 Å². The van der Waals surface area contributed by atoms with Crippen LogP contribution >= 0.6 is 0 Å². The van der Waals surface area contributed by atoms with Crippen LogP contribution in [0.4, 0.5) is 0 Å². The predicted octanol–water partition coefficient (Wildman–Crippen LogP) is 0.514. The highest BCUT2D eigenvalue weighted by atomic mass is 16.5.